The number of nitrogens with zero attached hydrogens (tertiary/aromatic N) is 5. The maximum Gasteiger partial charge on any atom is 0.259 e. The minimum Gasteiger partial charge on any atom is -0.379 e. The van der Waals surface area contributed by atoms with Gasteiger partial charge in [-0.25, -0.2) is 4.98 Å². The number of fused-ring (bicyclic) bond motifs is 4. The summed E-state index contributed by atoms with van der Waals surface area (Å²) in [5.74, 6) is 0.833. The lowest BCUT2D eigenvalue weighted by Gasteiger charge is -2.34. The van der Waals surface area contributed by atoms with E-state index in [1.54, 1.807) is 32.9 Å². The Hall–Kier alpha value is -3.79. The third-order valence-corrected chi connectivity index (χ3v) is 9.99. The molecule has 0 aliphatic carbocycles. The smallest absolute Gasteiger partial charge is 0.259 e. The van der Waals surface area contributed by atoms with E-state index in [2.05, 4.69) is 53.1 Å². The molecule has 0 saturated carbocycles. The number of anilines is 2. The van der Waals surface area contributed by atoms with Gasteiger partial charge in [0, 0.05) is 82.0 Å². The van der Waals surface area contributed by atoms with E-state index in [1.165, 1.54) is 6.42 Å². The lowest BCUT2D eigenvalue weighted by molar-refractivity contribution is -0.120. The molecule has 2 aromatic carbocycles. The highest BCUT2D eigenvalue weighted by atomic mass is 32.1. The van der Waals surface area contributed by atoms with Gasteiger partial charge in [-0.1, -0.05) is 18.2 Å². The lowest BCUT2D eigenvalue weighted by atomic mass is 10.0. The molecule has 0 spiro atoms. The van der Waals surface area contributed by atoms with Crippen molar-refractivity contribution in [2.24, 2.45) is 0 Å². The Bertz CT molecular complexity index is 1860. The van der Waals surface area contributed by atoms with Crippen molar-refractivity contribution < 1.29 is 9.53 Å². The number of ether oxygens (including phenoxy) is 1. The molecule has 2 aliphatic heterocycles. The van der Waals surface area contributed by atoms with Crippen molar-refractivity contribution in [1.29, 1.82) is 0 Å². The van der Waals surface area contributed by atoms with Crippen LogP contribution in [0.4, 0.5) is 11.5 Å². The molecular formula is C33H35N5O3S. The van der Waals surface area contributed by atoms with Gasteiger partial charge in [-0.2, -0.15) is 0 Å². The number of rotatable bonds is 5. The summed E-state index contributed by atoms with van der Waals surface area (Å²) in [5.41, 5.74) is 3.49. The van der Waals surface area contributed by atoms with E-state index in [1.807, 2.05) is 19.2 Å². The van der Waals surface area contributed by atoms with Gasteiger partial charge >= 0.3 is 0 Å². The predicted octanol–water partition coefficient (Wildman–Crippen LogP) is 5.40. The summed E-state index contributed by atoms with van der Waals surface area (Å²) in [6.07, 6.45) is 5.24. The van der Waals surface area contributed by atoms with Crippen LogP contribution >= 0.6 is 11.3 Å². The average Bonchev–Trinajstić information content (AvgIpc) is 3.39. The van der Waals surface area contributed by atoms with E-state index < -0.39 is 0 Å². The monoisotopic (exact) mass is 581 g/mol. The van der Waals surface area contributed by atoms with Crippen LogP contribution in [0, 0.1) is 0 Å². The average molecular weight is 582 g/mol. The Kier molecular flexibility index (Phi) is 7.17. The number of carbonyl (C=O) groups is 1. The first-order chi connectivity index (χ1) is 20.5. The zero-order chi connectivity index (χ0) is 28.8. The van der Waals surface area contributed by atoms with Crippen LogP contribution in [0.5, 0.6) is 0 Å². The molecular weight excluding hydrogens is 546 g/mol. The zero-order valence-electron chi connectivity index (χ0n) is 24.1. The number of thiophene rings is 1. The van der Waals surface area contributed by atoms with Gasteiger partial charge < -0.3 is 14.5 Å². The predicted molar refractivity (Wildman–Crippen MR) is 171 cm³/mol. The molecule has 2 fully saturated rings. The Morgan fingerprint density at radius 1 is 1.02 bits per heavy atom. The number of piperidine rings is 1. The minimum atomic E-state index is -0.0624. The molecule has 1 amide bonds. The normalized spacial score (nSPS) is 18.2. The van der Waals surface area contributed by atoms with Crippen LogP contribution < -0.4 is 15.4 Å². The quantitative estimate of drug-likeness (QED) is 0.277. The van der Waals surface area contributed by atoms with Gasteiger partial charge in [0.25, 0.3) is 5.56 Å². The number of carbonyl (C=O) groups excluding carboxylic acids is 1. The number of amides is 1. The van der Waals surface area contributed by atoms with E-state index in [0.29, 0.717) is 31.4 Å². The number of aromatic nitrogens is 2. The number of pyridine rings is 1. The van der Waals surface area contributed by atoms with Crippen LogP contribution in [-0.4, -0.2) is 72.7 Å². The van der Waals surface area contributed by atoms with E-state index >= 15 is 0 Å². The number of hydrogen-bond donors (Lipinski definition) is 0. The molecule has 216 valence electrons. The highest BCUT2D eigenvalue weighted by Crippen LogP contribution is 2.42. The molecule has 3 aromatic heterocycles. The molecule has 5 heterocycles. The molecule has 0 N–H and O–H groups in total. The van der Waals surface area contributed by atoms with Crippen molar-refractivity contribution in [2.45, 2.75) is 32.2 Å². The summed E-state index contributed by atoms with van der Waals surface area (Å²) < 4.78 is 9.39. The van der Waals surface area contributed by atoms with Gasteiger partial charge in [0.05, 0.1) is 19.8 Å². The first kappa shape index (κ1) is 27.1. The van der Waals surface area contributed by atoms with E-state index in [0.717, 1.165) is 75.3 Å². The molecule has 7 rings (SSSR count). The molecule has 0 radical (unpaired) electrons. The fourth-order valence-electron chi connectivity index (χ4n) is 6.32. The van der Waals surface area contributed by atoms with E-state index in [4.69, 9.17) is 9.72 Å². The van der Waals surface area contributed by atoms with Gasteiger partial charge in [0.1, 0.15) is 11.5 Å². The molecule has 1 atom stereocenters. The number of benzene rings is 2. The second-order valence-electron chi connectivity index (χ2n) is 11.4. The summed E-state index contributed by atoms with van der Waals surface area (Å²) >= 11 is 1.73. The van der Waals surface area contributed by atoms with Crippen molar-refractivity contribution in [3.05, 3.63) is 71.1 Å². The Morgan fingerprint density at radius 3 is 2.69 bits per heavy atom. The summed E-state index contributed by atoms with van der Waals surface area (Å²) in [6, 6.07) is 18.6. The Labute approximate surface area is 248 Å². The second-order valence-corrected chi connectivity index (χ2v) is 12.5. The molecule has 9 heteroatoms. The maximum absolute atomic E-state index is 13.3. The van der Waals surface area contributed by atoms with Crippen LogP contribution in [0.15, 0.2) is 65.6 Å². The first-order valence-electron chi connectivity index (χ1n) is 14.8. The van der Waals surface area contributed by atoms with Crippen molar-refractivity contribution in [2.75, 3.05) is 56.2 Å². The van der Waals surface area contributed by atoms with E-state index in [9.17, 15) is 9.59 Å². The largest absolute Gasteiger partial charge is 0.379 e. The van der Waals surface area contributed by atoms with Crippen molar-refractivity contribution in [3.8, 4) is 11.1 Å². The lowest BCUT2D eigenvalue weighted by Crippen LogP contribution is -2.43. The van der Waals surface area contributed by atoms with Crippen molar-refractivity contribution in [3.63, 3.8) is 0 Å². The Morgan fingerprint density at radius 2 is 1.86 bits per heavy atom. The Balaban J connectivity index is 1.29. The summed E-state index contributed by atoms with van der Waals surface area (Å²) in [7, 11) is 1.85. The minimum absolute atomic E-state index is 0.0624. The van der Waals surface area contributed by atoms with Crippen molar-refractivity contribution in [1.82, 2.24) is 14.3 Å². The highest BCUT2D eigenvalue weighted by molar-refractivity contribution is 7.26. The van der Waals surface area contributed by atoms with Crippen molar-refractivity contribution >= 4 is 54.6 Å². The summed E-state index contributed by atoms with van der Waals surface area (Å²) in [5, 5.41) is 2.25. The molecule has 2 saturated heterocycles. The van der Waals surface area contributed by atoms with Crippen LogP contribution in [0.25, 0.3) is 36.9 Å². The van der Waals surface area contributed by atoms with Crippen LogP contribution in [0.3, 0.4) is 0 Å². The fourth-order valence-corrected chi connectivity index (χ4v) is 7.53. The van der Waals surface area contributed by atoms with Gasteiger partial charge in [0.15, 0.2) is 0 Å². The number of morpholine rings is 1. The van der Waals surface area contributed by atoms with Gasteiger partial charge in [0.2, 0.25) is 5.91 Å². The van der Waals surface area contributed by atoms with Gasteiger partial charge in [-0.3, -0.25) is 18.9 Å². The van der Waals surface area contributed by atoms with Crippen LogP contribution in [0.2, 0.25) is 0 Å². The first-order valence-corrected chi connectivity index (χ1v) is 15.6. The summed E-state index contributed by atoms with van der Waals surface area (Å²) in [6.45, 7) is 6.43. The molecule has 0 unspecified atom stereocenters. The third kappa shape index (κ3) is 4.85. The molecule has 5 aromatic rings. The summed E-state index contributed by atoms with van der Waals surface area (Å²) in [4.78, 5) is 37.7. The molecule has 0 bridgehead atoms. The number of hydrogen-bond acceptors (Lipinski definition) is 7. The maximum atomic E-state index is 13.3. The number of likely N-dealkylation sites (N-methyl/N-ethyl adjacent to an activating group) is 1. The highest BCUT2D eigenvalue weighted by Gasteiger charge is 2.23. The fraction of sp³-hybridized carbons (Fsp3) is 0.364. The van der Waals surface area contributed by atoms with Gasteiger partial charge in [-0.05, 0) is 56.5 Å². The standard InChI is InChI=1S/C33H35N5O3S/c1-22-7-3-4-13-37(22)29-20-30(39)38-14-6-10-26(33(38)34-29)24-8-5-9-25-27-19-23(11-12-28(27)42-32(24)25)35(2)31(40)21-36-15-17-41-18-16-36/h5-6,8-12,14,19-20,22H,3-4,7,13,15-18,21H2,1-2H3/t22-/m0/s1. The molecule has 8 nitrogen and oxygen atoms in total. The SMILES string of the molecule is C[C@H]1CCCCN1c1cc(=O)n2cccc(-c3cccc4c3sc3ccc(N(C)C(=O)CN5CCOCC5)cc34)c2n1. The second kappa shape index (κ2) is 11.1. The topological polar surface area (TPSA) is 70.4 Å². The molecule has 42 heavy (non-hydrogen) atoms. The van der Waals surface area contributed by atoms with E-state index in [-0.39, 0.29) is 11.5 Å². The molecule has 2 aliphatic rings. The third-order valence-electron chi connectivity index (χ3n) is 8.77. The van der Waals surface area contributed by atoms with Crippen LogP contribution in [-0.2, 0) is 9.53 Å². The van der Waals surface area contributed by atoms with Crippen LogP contribution in [0.1, 0.15) is 26.2 Å². The van der Waals surface area contributed by atoms with Gasteiger partial charge in [-0.15, -0.1) is 11.3 Å². The zero-order valence-corrected chi connectivity index (χ0v) is 24.9.